The zero-order valence-corrected chi connectivity index (χ0v) is 20.7. The average Bonchev–Trinajstić information content (AvgIpc) is 3.33. The van der Waals surface area contributed by atoms with Crippen LogP contribution in [0.3, 0.4) is 0 Å². The van der Waals surface area contributed by atoms with Crippen molar-refractivity contribution in [3.8, 4) is 28.6 Å². The van der Waals surface area contributed by atoms with E-state index in [1.807, 2.05) is 0 Å². The van der Waals surface area contributed by atoms with E-state index in [0.717, 1.165) is 6.20 Å². The van der Waals surface area contributed by atoms with Crippen molar-refractivity contribution in [1.82, 2.24) is 15.1 Å². The van der Waals surface area contributed by atoms with E-state index >= 15 is 0 Å². The van der Waals surface area contributed by atoms with Crippen LogP contribution in [0.1, 0.15) is 19.4 Å². The van der Waals surface area contributed by atoms with E-state index in [-0.39, 0.29) is 40.2 Å². The molecule has 0 aliphatic carbocycles. The molecule has 1 unspecified atom stereocenters. The van der Waals surface area contributed by atoms with E-state index in [2.05, 4.69) is 29.2 Å². The minimum atomic E-state index is -4.50. The molecule has 0 aliphatic rings. The van der Waals surface area contributed by atoms with Crippen LogP contribution in [-0.2, 0) is 15.5 Å². The largest absolute Gasteiger partial charge is 0.467 e. The van der Waals surface area contributed by atoms with Crippen molar-refractivity contribution < 1.29 is 31.0 Å². The Bertz CT molecular complexity index is 1380. The minimum Gasteiger partial charge on any atom is -0.467 e. The van der Waals surface area contributed by atoms with E-state index in [9.17, 15) is 21.8 Å². The third kappa shape index (κ3) is 5.80. The van der Waals surface area contributed by atoms with Crippen LogP contribution < -0.4 is 10.5 Å². The van der Waals surface area contributed by atoms with Gasteiger partial charge in [-0.25, -0.2) is 22.9 Å². The molecule has 0 spiro atoms. The number of benzene rings is 1. The minimum absolute atomic E-state index is 0.129. The summed E-state index contributed by atoms with van der Waals surface area (Å²) in [5, 5.41) is 3.89. The number of rotatable bonds is 8. The molecule has 2 N–H and O–H groups in total. The number of nitrogens with two attached hydrogens (primary N) is 1. The van der Waals surface area contributed by atoms with E-state index in [1.54, 1.807) is 13.8 Å². The molecule has 0 aliphatic heterocycles. The maximum atomic E-state index is 14.7. The maximum absolute atomic E-state index is 14.7. The number of aromatic nitrogens is 3. The van der Waals surface area contributed by atoms with E-state index < -0.39 is 33.1 Å². The van der Waals surface area contributed by atoms with Crippen LogP contribution in [0.2, 0.25) is 0 Å². The predicted octanol–water partition coefficient (Wildman–Crippen LogP) is 4.24. The molecule has 0 saturated carbocycles. The first-order valence-corrected chi connectivity index (χ1v) is 12.1. The summed E-state index contributed by atoms with van der Waals surface area (Å²) in [5.74, 6) is -0.731. The van der Waals surface area contributed by atoms with Crippen molar-refractivity contribution >= 4 is 15.6 Å². The van der Waals surface area contributed by atoms with Gasteiger partial charge in [0.2, 0.25) is 5.88 Å². The number of hydrogen-bond donors (Lipinski definition) is 1. The lowest BCUT2D eigenvalue weighted by atomic mass is 10.1. The highest BCUT2D eigenvalue weighted by Crippen LogP contribution is 2.30. The fraction of sp³-hybridized carbons (Fsp3) is 0.364. The van der Waals surface area contributed by atoms with Crippen molar-refractivity contribution in [3.05, 3.63) is 48.0 Å². The Balaban J connectivity index is 1.86. The number of halogens is 4. The predicted molar refractivity (Wildman–Crippen MR) is 126 cm³/mol. The highest BCUT2D eigenvalue weighted by atomic mass is 32.2. The Labute approximate surface area is 205 Å². The molecule has 2 heterocycles. The second-order valence-electron chi connectivity index (χ2n) is 8.11. The van der Waals surface area contributed by atoms with Crippen molar-refractivity contribution in [2.24, 2.45) is 15.1 Å². The normalized spacial score (nSPS) is 14.4. The highest BCUT2D eigenvalue weighted by molar-refractivity contribution is 7.95. The fourth-order valence-electron chi connectivity index (χ4n) is 3.17. The molecule has 1 aromatic carbocycles. The SMILES string of the molecule is CN=S(=O)(Cc1cc(-c2cc(-c3cnc(OCC(F)(F)F)cn3)no2)ccc1F)C(C)(C)/C(N)=N\C. The topological polar surface area (TPSA) is 129 Å². The van der Waals surface area contributed by atoms with Crippen LogP contribution in [0.4, 0.5) is 17.6 Å². The summed E-state index contributed by atoms with van der Waals surface area (Å²) < 4.78 is 78.0. The Hall–Kier alpha value is -3.55. The molecule has 0 radical (unpaired) electrons. The van der Waals surface area contributed by atoms with Gasteiger partial charge in [0.15, 0.2) is 12.4 Å². The molecule has 0 bridgehead atoms. The molecule has 9 nitrogen and oxygen atoms in total. The number of alkyl halides is 3. The van der Waals surface area contributed by atoms with Crippen molar-refractivity contribution in [2.45, 2.75) is 30.5 Å². The lowest BCUT2D eigenvalue weighted by Gasteiger charge is -2.28. The quantitative estimate of drug-likeness (QED) is 0.263. The fourth-order valence-corrected chi connectivity index (χ4v) is 5.17. The Morgan fingerprint density at radius 1 is 1.14 bits per heavy atom. The smallest absolute Gasteiger partial charge is 0.422 e. The number of ether oxygens (including phenoxy) is 1. The van der Waals surface area contributed by atoms with Gasteiger partial charge >= 0.3 is 6.18 Å². The van der Waals surface area contributed by atoms with Gasteiger partial charge in [-0.15, -0.1) is 0 Å². The van der Waals surface area contributed by atoms with Gasteiger partial charge in [-0.05, 0) is 32.0 Å². The van der Waals surface area contributed by atoms with Crippen LogP contribution in [0, 0.1) is 5.82 Å². The molecule has 2 aromatic heterocycles. The van der Waals surface area contributed by atoms with Gasteiger partial charge in [0, 0.05) is 31.3 Å². The van der Waals surface area contributed by atoms with Crippen LogP contribution in [0.5, 0.6) is 5.88 Å². The molecule has 3 rings (SSSR count). The first kappa shape index (κ1) is 27.0. The monoisotopic (exact) mass is 528 g/mol. The van der Waals surface area contributed by atoms with Gasteiger partial charge < -0.3 is 15.0 Å². The van der Waals surface area contributed by atoms with Gasteiger partial charge in [0.05, 0.1) is 27.9 Å². The Morgan fingerprint density at radius 2 is 1.86 bits per heavy atom. The van der Waals surface area contributed by atoms with Crippen molar-refractivity contribution in [3.63, 3.8) is 0 Å². The molecule has 1 atom stereocenters. The molecule has 0 amide bonds. The lowest BCUT2D eigenvalue weighted by molar-refractivity contribution is -0.154. The summed E-state index contributed by atoms with van der Waals surface area (Å²) in [5.41, 5.74) is 6.98. The molecular weight excluding hydrogens is 504 g/mol. The van der Waals surface area contributed by atoms with Gasteiger partial charge in [-0.3, -0.25) is 4.99 Å². The van der Waals surface area contributed by atoms with Crippen LogP contribution in [-0.4, -0.2) is 56.8 Å². The van der Waals surface area contributed by atoms with Gasteiger partial charge in [0.25, 0.3) is 0 Å². The molecule has 0 fully saturated rings. The van der Waals surface area contributed by atoms with Crippen molar-refractivity contribution in [1.29, 1.82) is 0 Å². The molecule has 36 heavy (non-hydrogen) atoms. The molecular formula is C22H24F4N6O3S. The summed E-state index contributed by atoms with van der Waals surface area (Å²) >= 11 is 0. The zero-order valence-electron chi connectivity index (χ0n) is 19.8. The molecule has 3 aromatic rings. The first-order valence-electron chi connectivity index (χ1n) is 10.4. The van der Waals surface area contributed by atoms with Gasteiger partial charge in [-0.1, -0.05) is 5.16 Å². The van der Waals surface area contributed by atoms with Crippen molar-refractivity contribution in [2.75, 3.05) is 20.7 Å². The number of aliphatic imine (C=N–C) groups is 1. The van der Waals surface area contributed by atoms with E-state index in [1.165, 1.54) is 44.6 Å². The third-order valence-electron chi connectivity index (χ3n) is 5.42. The number of amidine groups is 1. The van der Waals surface area contributed by atoms with Gasteiger partial charge in [0.1, 0.15) is 27.8 Å². The van der Waals surface area contributed by atoms with E-state index in [0.29, 0.717) is 5.56 Å². The zero-order chi connectivity index (χ0) is 26.7. The Morgan fingerprint density at radius 3 is 2.44 bits per heavy atom. The van der Waals surface area contributed by atoms with Crippen LogP contribution in [0.15, 0.2) is 50.5 Å². The highest BCUT2D eigenvalue weighted by Gasteiger charge is 2.36. The summed E-state index contributed by atoms with van der Waals surface area (Å²) in [7, 11) is -0.203. The van der Waals surface area contributed by atoms with E-state index in [4.69, 9.17) is 10.3 Å². The third-order valence-corrected chi connectivity index (χ3v) is 8.51. The Kier molecular flexibility index (Phi) is 7.67. The van der Waals surface area contributed by atoms with Crippen LogP contribution >= 0.6 is 0 Å². The molecule has 0 saturated heterocycles. The number of nitrogens with zero attached hydrogens (tertiary/aromatic N) is 5. The number of hydrogen-bond acceptors (Lipinski definition) is 8. The summed E-state index contributed by atoms with van der Waals surface area (Å²) in [6.07, 6.45) is -2.29. The second-order valence-corrected chi connectivity index (χ2v) is 11.1. The average molecular weight is 529 g/mol. The summed E-state index contributed by atoms with van der Waals surface area (Å²) in [4.78, 5) is 11.7. The lowest BCUT2D eigenvalue weighted by Crippen LogP contribution is -2.45. The van der Waals surface area contributed by atoms with Crippen LogP contribution in [0.25, 0.3) is 22.7 Å². The van der Waals surface area contributed by atoms with Gasteiger partial charge in [-0.2, -0.15) is 13.2 Å². The maximum Gasteiger partial charge on any atom is 0.422 e. The summed E-state index contributed by atoms with van der Waals surface area (Å²) in [6.45, 7) is 1.78. The summed E-state index contributed by atoms with van der Waals surface area (Å²) in [6, 6.07) is 5.64. The second kappa shape index (κ2) is 10.2. The standard InChI is InChI=1S/C22H24F4N6O3S/c1-21(2,20(27)28-3)36(33,29-4)11-14-7-13(5-6-15(14)23)18-8-16(32-35-18)17-9-31-19(10-30-17)34-12-22(24,25)26/h5-10H,11-12H2,1-4H3,(H2,27,28). The first-order chi connectivity index (χ1) is 16.8. The molecule has 194 valence electrons. The molecule has 14 heteroatoms.